The number of alkyl halides is 4. The molecule has 3 atom stereocenters. The third-order valence-electron chi connectivity index (χ3n) is 6.43. The molecule has 7 nitrogen and oxygen atoms in total. The van der Waals surface area contributed by atoms with Crippen molar-refractivity contribution >= 4 is 5.84 Å². The van der Waals surface area contributed by atoms with Gasteiger partial charge in [-0.1, -0.05) is 18.2 Å². The van der Waals surface area contributed by atoms with Crippen molar-refractivity contribution in [2.24, 2.45) is 4.99 Å². The Labute approximate surface area is 199 Å². The van der Waals surface area contributed by atoms with Crippen molar-refractivity contribution in [1.82, 2.24) is 24.8 Å². The lowest BCUT2D eigenvalue weighted by atomic mass is 9.83. The number of nitrogens with one attached hydrogen (secondary N) is 1. The number of imidazole rings is 1. The zero-order chi connectivity index (χ0) is 24.7. The number of piperidine rings is 1. The minimum absolute atomic E-state index is 0.0159. The first-order chi connectivity index (χ1) is 16.8. The number of aliphatic imine (C=N–C) groups is 1. The lowest BCUT2D eigenvalue weighted by molar-refractivity contribution is -0.138. The number of hydrogen-bond donors (Lipinski definition) is 1. The van der Waals surface area contributed by atoms with Gasteiger partial charge in [0.15, 0.2) is 0 Å². The van der Waals surface area contributed by atoms with Gasteiger partial charge in [0.25, 0.3) is 0 Å². The highest BCUT2D eigenvalue weighted by molar-refractivity contribution is 5.98. The molecule has 1 N–H and O–H groups in total. The van der Waals surface area contributed by atoms with Gasteiger partial charge in [0.2, 0.25) is 5.88 Å². The molecule has 0 bridgehead atoms. The summed E-state index contributed by atoms with van der Waals surface area (Å²) in [7, 11) is 1.50. The number of hydrogen-bond acceptors (Lipinski definition) is 6. The van der Waals surface area contributed by atoms with Gasteiger partial charge in [0.05, 0.1) is 31.4 Å². The Morgan fingerprint density at radius 3 is 2.66 bits per heavy atom. The topological polar surface area (TPSA) is 67.6 Å². The van der Waals surface area contributed by atoms with Crippen molar-refractivity contribution in [2.45, 2.75) is 37.8 Å². The van der Waals surface area contributed by atoms with E-state index in [2.05, 4.69) is 20.3 Å². The molecule has 0 spiro atoms. The second kappa shape index (κ2) is 8.95. The van der Waals surface area contributed by atoms with E-state index in [0.29, 0.717) is 29.6 Å². The maximum absolute atomic E-state index is 15.8. The van der Waals surface area contributed by atoms with Crippen molar-refractivity contribution in [2.75, 3.05) is 20.3 Å². The Morgan fingerprint density at radius 1 is 1.14 bits per heavy atom. The third kappa shape index (κ3) is 4.36. The fourth-order valence-electron chi connectivity index (χ4n) is 4.73. The molecule has 0 aliphatic carbocycles. The maximum atomic E-state index is 15.8. The molecule has 11 heteroatoms. The zero-order valence-corrected chi connectivity index (χ0v) is 19.1. The number of ether oxygens (including phenoxy) is 1. The van der Waals surface area contributed by atoms with E-state index in [-0.39, 0.29) is 18.7 Å². The Morgan fingerprint density at radius 2 is 1.94 bits per heavy atom. The maximum Gasteiger partial charge on any atom is 0.416 e. The van der Waals surface area contributed by atoms with Gasteiger partial charge in [0, 0.05) is 18.7 Å². The van der Waals surface area contributed by atoms with Crippen molar-refractivity contribution in [3.05, 3.63) is 71.4 Å². The molecule has 1 saturated heterocycles. The van der Waals surface area contributed by atoms with Crippen LogP contribution in [0.15, 0.2) is 53.9 Å². The zero-order valence-electron chi connectivity index (χ0n) is 19.1. The number of methoxy groups -OCH3 is 1. The molecule has 35 heavy (non-hydrogen) atoms. The standard InChI is InChI=1S/C24H24F4N6O/c1-14-11-34(12-29-14)19-8-7-18(31-23(19)35-2)21-30-13-33-10-9-16(20(25)22(33)32-21)15-5-3-4-6-17(15)24(26,27)28/h3-8,11-12,16,20,22H,9-10,13H2,1-2H3,(H,30,32). The van der Waals surface area contributed by atoms with Gasteiger partial charge in [-0.3, -0.25) is 9.89 Å². The first-order valence-corrected chi connectivity index (χ1v) is 11.2. The van der Waals surface area contributed by atoms with Crippen molar-refractivity contribution in [3.8, 4) is 11.6 Å². The molecule has 1 fully saturated rings. The number of fused-ring (bicyclic) bond motifs is 1. The van der Waals surface area contributed by atoms with Crippen LogP contribution in [0.1, 0.15) is 34.9 Å². The van der Waals surface area contributed by atoms with Gasteiger partial charge in [-0.25, -0.2) is 14.4 Å². The van der Waals surface area contributed by atoms with E-state index in [1.54, 1.807) is 27.9 Å². The molecule has 184 valence electrons. The van der Waals surface area contributed by atoms with E-state index in [0.717, 1.165) is 11.8 Å². The summed E-state index contributed by atoms with van der Waals surface area (Å²) >= 11 is 0. The highest BCUT2D eigenvalue weighted by atomic mass is 19.4. The average molecular weight is 488 g/mol. The van der Waals surface area contributed by atoms with Crippen LogP contribution in [0.25, 0.3) is 5.69 Å². The van der Waals surface area contributed by atoms with Crippen LogP contribution in [-0.2, 0) is 6.18 Å². The van der Waals surface area contributed by atoms with E-state index in [1.165, 1.54) is 25.3 Å². The second-order valence-corrected chi connectivity index (χ2v) is 8.62. The average Bonchev–Trinajstić information content (AvgIpc) is 3.29. The molecule has 0 amide bonds. The number of benzene rings is 1. The number of halogens is 4. The fourth-order valence-corrected chi connectivity index (χ4v) is 4.73. The van der Waals surface area contributed by atoms with E-state index in [9.17, 15) is 13.2 Å². The monoisotopic (exact) mass is 488 g/mol. The van der Waals surface area contributed by atoms with Gasteiger partial charge in [-0.15, -0.1) is 0 Å². The molecule has 2 aliphatic heterocycles. The lowest BCUT2D eigenvalue weighted by Gasteiger charge is -2.44. The number of amidine groups is 1. The van der Waals surface area contributed by atoms with Crippen LogP contribution in [0.2, 0.25) is 0 Å². The lowest BCUT2D eigenvalue weighted by Crippen LogP contribution is -2.61. The predicted octanol–water partition coefficient (Wildman–Crippen LogP) is 4.06. The summed E-state index contributed by atoms with van der Waals surface area (Å²) in [6, 6.07) is 8.76. The van der Waals surface area contributed by atoms with Gasteiger partial charge in [0.1, 0.15) is 29.6 Å². The summed E-state index contributed by atoms with van der Waals surface area (Å²) in [4.78, 5) is 15.0. The third-order valence-corrected chi connectivity index (χ3v) is 6.43. The summed E-state index contributed by atoms with van der Waals surface area (Å²) in [5.74, 6) is -0.190. The molecule has 4 heterocycles. The van der Waals surface area contributed by atoms with Crippen LogP contribution in [0, 0.1) is 6.92 Å². The molecule has 0 saturated carbocycles. The molecular formula is C24H24F4N6O. The molecule has 0 radical (unpaired) electrons. The summed E-state index contributed by atoms with van der Waals surface area (Å²) in [6.45, 7) is 2.50. The molecule has 5 rings (SSSR count). The largest absolute Gasteiger partial charge is 0.479 e. The fraction of sp³-hybridized carbons (Fsp3) is 0.375. The Kier molecular flexibility index (Phi) is 5.96. The predicted molar refractivity (Wildman–Crippen MR) is 121 cm³/mol. The van der Waals surface area contributed by atoms with Crippen LogP contribution in [-0.4, -0.2) is 57.9 Å². The quantitative estimate of drug-likeness (QED) is 0.561. The Hall–Kier alpha value is -3.47. The Balaban J connectivity index is 1.41. The highest BCUT2D eigenvalue weighted by Gasteiger charge is 2.44. The van der Waals surface area contributed by atoms with Crippen molar-refractivity contribution in [3.63, 3.8) is 0 Å². The molecule has 2 aliphatic rings. The van der Waals surface area contributed by atoms with Crippen LogP contribution in [0.3, 0.4) is 0 Å². The summed E-state index contributed by atoms with van der Waals surface area (Å²) < 4.78 is 63.8. The van der Waals surface area contributed by atoms with Crippen LogP contribution in [0.4, 0.5) is 17.6 Å². The normalized spacial score (nSPS) is 22.8. The van der Waals surface area contributed by atoms with Gasteiger partial charge >= 0.3 is 6.18 Å². The number of rotatable bonds is 4. The first kappa shape index (κ1) is 23.3. The van der Waals surface area contributed by atoms with Gasteiger partial charge in [-0.05, 0) is 37.1 Å². The van der Waals surface area contributed by atoms with Crippen LogP contribution < -0.4 is 10.1 Å². The van der Waals surface area contributed by atoms with Crippen LogP contribution in [0.5, 0.6) is 5.88 Å². The summed E-state index contributed by atoms with van der Waals surface area (Å²) in [5, 5.41) is 3.08. The smallest absolute Gasteiger partial charge is 0.416 e. The number of aromatic nitrogens is 3. The van der Waals surface area contributed by atoms with E-state index >= 15 is 4.39 Å². The first-order valence-electron chi connectivity index (χ1n) is 11.2. The minimum atomic E-state index is -4.55. The van der Waals surface area contributed by atoms with Crippen molar-refractivity contribution in [1.29, 1.82) is 0 Å². The molecule has 3 unspecified atom stereocenters. The number of pyridine rings is 1. The van der Waals surface area contributed by atoms with Gasteiger partial charge < -0.3 is 14.6 Å². The molecule has 3 aromatic rings. The van der Waals surface area contributed by atoms with E-state index in [1.807, 2.05) is 13.1 Å². The van der Waals surface area contributed by atoms with Crippen molar-refractivity contribution < 1.29 is 22.3 Å². The minimum Gasteiger partial charge on any atom is -0.479 e. The summed E-state index contributed by atoms with van der Waals surface area (Å²) in [6.07, 6.45) is -3.20. The van der Waals surface area contributed by atoms with Gasteiger partial charge in [-0.2, -0.15) is 13.2 Å². The molecular weight excluding hydrogens is 464 g/mol. The second-order valence-electron chi connectivity index (χ2n) is 8.62. The molecule has 2 aromatic heterocycles. The molecule has 1 aromatic carbocycles. The van der Waals surface area contributed by atoms with E-state index < -0.39 is 30.0 Å². The number of aryl methyl sites for hydroxylation is 1. The number of nitrogens with zero attached hydrogens (tertiary/aromatic N) is 5. The summed E-state index contributed by atoms with van der Waals surface area (Å²) in [5.41, 5.74) is 1.16. The van der Waals surface area contributed by atoms with Crippen LogP contribution >= 0.6 is 0 Å². The highest BCUT2D eigenvalue weighted by Crippen LogP contribution is 2.41. The Bertz CT molecular complexity index is 1260. The van der Waals surface area contributed by atoms with E-state index in [4.69, 9.17) is 4.74 Å². The SMILES string of the molecule is COc1nc(C2=NCN3CCC(c4ccccc4C(F)(F)F)C(F)C3N2)ccc1-n1cnc(C)c1.